The third-order valence-corrected chi connectivity index (χ3v) is 5.56. The molecule has 0 saturated heterocycles. The Morgan fingerprint density at radius 1 is 0.741 bits per heavy atom. The Morgan fingerprint density at radius 2 is 1.22 bits per heavy atom. The lowest BCUT2D eigenvalue weighted by atomic mass is 10.1. The summed E-state index contributed by atoms with van der Waals surface area (Å²) in [4.78, 5) is 0. The van der Waals surface area contributed by atoms with Crippen LogP contribution in [-0.2, 0) is 0 Å². The van der Waals surface area contributed by atoms with Gasteiger partial charge in [0.25, 0.3) is 0 Å². The molecule has 5 heteroatoms. The first-order valence-corrected chi connectivity index (χ1v) is 10.8. The van der Waals surface area contributed by atoms with E-state index in [1.807, 2.05) is 0 Å². The second-order valence-electron chi connectivity index (χ2n) is 6.53. The van der Waals surface area contributed by atoms with Crippen LogP contribution in [0, 0.1) is 0 Å². The van der Waals surface area contributed by atoms with E-state index in [2.05, 4.69) is 60.9 Å². The molecule has 0 aliphatic rings. The van der Waals surface area contributed by atoms with Crippen LogP contribution in [0.3, 0.4) is 0 Å². The minimum Gasteiger partial charge on any atom is -0.493 e. The minimum absolute atomic E-state index is 0.744. The van der Waals surface area contributed by atoms with Gasteiger partial charge in [-0.05, 0) is 75.4 Å². The summed E-state index contributed by atoms with van der Waals surface area (Å²) >= 11 is 1.80. The first-order chi connectivity index (χ1) is 13.3. The molecular weight excluding hydrogens is 356 g/mol. The van der Waals surface area contributed by atoms with Crippen molar-refractivity contribution in [2.45, 2.75) is 26.7 Å². The van der Waals surface area contributed by atoms with Crippen molar-refractivity contribution >= 4 is 31.5 Å². The van der Waals surface area contributed by atoms with E-state index in [0.29, 0.717) is 0 Å². The van der Waals surface area contributed by atoms with Crippen LogP contribution in [0.1, 0.15) is 26.7 Å². The lowest BCUT2D eigenvalue weighted by Crippen LogP contribution is -2.16. The van der Waals surface area contributed by atoms with Crippen LogP contribution in [0.15, 0.2) is 36.4 Å². The molecule has 2 aromatic carbocycles. The highest BCUT2D eigenvalue weighted by Gasteiger charge is 2.08. The Labute approximate surface area is 165 Å². The monoisotopic (exact) mass is 386 g/mol. The molecule has 0 saturated carbocycles. The topological polar surface area (TPSA) is 42.5 Å². The molecule has 0 fully saturated rings. The van der Waals surface area contributed by atoms with Gasteiger partial charge in [-0.2, -0.15) is 0 Å². The molecule has 1 heterocycles. The molecule has 0 bridgehead atoms. The number of hydrogen-bond donors (Lipinski definition) is 2. The van der Waals surface area contributed by atoms with Crippen molar-refractivity contribution in [1.82, 2.24) is 10.6 Å². The molecule has 1 aromatic heterocycles. The summed E-state index contributed by atoms with van der Waals surface area (Å²) in [5.74, 6) is 1.90. The van der Waals surface area contributed by atoms with E-state index >= 15 is 0 Å². The molecular formula is C22H30N2O2S. The van der Waals surface area contributed by atoms with Gasteiger partial charge in [0.05, 0.1) is 13.2 Å². The Balaban J connectivity index is 1.64. The van der Waals surface area contributed by atoms with Crippen molar-refractivity contribution in [2.75, 3.05) is 39.4 Å². The SMILES string of the molecule is CCNCCCOc1ccc2c(c1)sc1cc(OCCCNCC)ccc12. The maximum Gasteiger partial charge on any atom is 0.120 e. The Kier molecular flexibility index (Phi) is 7.75. The predicted molar refractivity (Wildman–Crippen MR) is 117 cm³/mol. The van der Waals surface area contributed by atoms with Gasteiger partial charge >= 0.3 is 0 Å². The molecule has 0 amide bonds. The highest BCUT2D eigenvalue weighted by atomic mass is 32.1. The number of benzene rings is 2. The van der Waals surface area contributed by atoms with E-state index in [-0.39, 0.29) is 0 Å². The van der Waals surface area contributed by atoms with Gasteiger partial charge in [0.2, 0.25) is 0 Å². The molecule has 3 rings (SSSR count). The number of nitrogens with one attached hydrogen (secondary N) is 2. The standard InChI is InChI=1S/C22H30N2O2S/c1-3-23-11-5-13-25-17-7-9-19-20-10-8-18(26-14-6-12-24-4-2)16-22(20)27-21(19)15-17/h7-10,15-16,23-24H,3-6,11-14H2,1-2H3. The summed E-state index contributed by atoms with van der Waals surface area (Å²) in [6.45, 7) is 9.75. The first-order valence-electron chi connectivity index (χ1n) is 9.95. The van der Waals surface area contributed by atoms with Gasteiger partial charge in [0.15, 0.2) is 0 Å². The molecule has 0 atom stereocenters. The van der Waals surface area contributed by atoms with Crippen LogP contribution in [0.2, 0.25) is 0 Å². The Morgan fingerprint density at radius 3 is 1.67 bits per heavy atom. The van der Waals surface area contributed by atoms with E-state index in [9.17, 15) is 0 Å². The largest absolute Gasteiger partial charge is 0.493 e. The third-order valence-electron chi connectivity index (χ3n) is 4.45. The first kappa shape index (κ1) is 19.9. The molecule has 0 radical (unpaired) electrons. The molecule has 3 aromatic rings. The molecule has 0 unspecified atom stereocenters. The highest BCUT2D eigenvalue weighted by Crippen LogP contribution is 2.37. The number of fused-ring (bicyclic) bond motifs is 3. The molecule has 2 N–H and O–H groups in total. The van der Waals surface area contributed by atoms with Crippen molar-refractivity contribution in [3.05, 3.63) is 36.4 Å². The summed E-state index contributed by atoms with van der Waals surface area (Å²) in [7, 11) is 0. The van der Waals surface area contributed by atoms with Gasteiger partial charge in [0.1, 0.15) is 11.5 Å². The number of rotatable bonds is 12. The van der Waals surface area contributed by atoms with Crippen LogP contribution in [0.4, 0.5) is 0 Å². The summed E-state index contributed by atoms with van der Waals surface area (Å²) in [6, 6.07) is 12.8. The lowest BCUT2D eigenvalue weighted by Gasteiger charge is -2.07. The second kappa shape index (κ2) is 10.5. The third kappa shape index (κ3) is 5.58. The van der Waals surface area contributed by atoms with Crippen LogP contribution in [0.25, 0.3) is 20.2 Å². The van der Waals surface area contributed by atoms with Crippen molar-refractivity contribution in [1.29, 1.82) is 0 Å². The van der Waals surface area contributed by atoms with Crippen molar-refractivity contribution in [3.8, 4) is 11.5 Å². The Hall–Kier alpha value is -1.82. The minimum atomic E-state index is 0.744. The normalized spacial score (nSPS) is 11.3. The number of hydrogen-bond acceptors (Lipinski definition) is 5. The maximum atomic E-state index is 5.90. The van der Waals surface area contributed by atoms with E-state index in [1.165, 1.54) is 20.2 Å². The van der Waals surface area contributed by atoms with E-state index in [0.717, 1.165) is 63.7 Å². The van der Waals surface area contributed by atoms with Crippen LogP contribution in [0.5, 0.6) is 11.5 Å². The lowest BCUT2D eigenvalue weighted by molar-refractivity contribution is 0.309. The van der Waals surface area contributed by atoms with Gasteiger partial charge in [-0.25, -0.2) is 0 Å². The molecule has 0 aliphatic carbocycles. The van der Waals surface area contributed by atoms with Crippen molar-refractivity contribution in [3.63, 3.8) is 0 Å². The zero-order chi connectivity index (χ0) is 18.9. The second-order valence-corrected chi connectivity index (χ2v) is 7.61. The summed E-state index contributed by atoms with van der Waals surface area (Å²) in [5.41, 5.74) is 0. The van der Waals surface area contributed by atoms with E-state index in [1.54, 1.807) is 11.3 Å². The molecule has 146 valence electrons. The van der Waals surface area contributed by atoms with Crippen molar-refractivity contribution in [2.24, 2.45) is 0 Å². The fourth-order valence-electron chi connectivity index (χ4n) is 3.05. The molecule has 0 spiro atoms. The van der Waals surface area contributed by atoms with Gasteiger partial charge in [-0.15, -0.1) is 11.3 Å². The van der Waals surface area contributed by atoms with Gasteiger partial charge in [-0.1, -0.05) is 13.8 Å². The zero-order valence-corrected chi connectivity index (χ0v) is 17.2. The summed E-state index contributed by atoms with van der Waals surface area (Å²) < 4.78 is 14.3. The predicted octanol–water partition coefficient (Wildman–Crippen LogP) is 4.81. The van der Waals surface area contributed by atoms with Gasteiger partial charge in [-0.3, -0.25) is 0 Å². The van der Waals surface area contributed by atoms with Gasteiger partial charge < -0.3 is 20.1 Å². The fraction of sp³-hybridized carbons (Fsp3) is 0.455. The van der Waals surface area contributed by atoms with Crippen LogP contribution >= 0.6 is 11.3 Å². The molecule has 4 nitrogen and oxygen atoms in total. The van der Waals surface area contributed by atoms with E-state index < -0.39 is 0 Å². The Bertz CT molecular complexity index is 779. The number of ether oxygens (including phenoxy) is 2. The van der Waals surface area contributed by atoms with E-state index in [4.69, 9.17) is 9.47 Å². The smallest absolute Gasteiger partial charge is 0.120 e. The zero-order valence-electron chi connectivity index (χ0n) is 16.3. The number of thiophene rings is 1. The quantitative estimate of drug-likeness (QED) is 0.438. The highest BCUT2D eigenvalue weighted by molar-refractivity contribution is 7.25. The molecule has 27 heavy (non-hydrogen) atoms. The fourth-order valence-corrected chi connectivity index (χ4v) is 4.21. The molecule has 0 aliphatic heterocycles. The van der Waals surface area contributed by atoms with Crippen LogP contribution in [-0.4, -0.2) is 39.4 Å². The summed E-state index contributed by atoms with van der Waals surface area (Å²) in [5, 5.41) is 9.21. The average Bonchev–Trinajstić information content (AvgIpc) is 3.04. The van der Waals surface area contributed by atoms with Gasteiger partial charge in [0, 0.05) is 20.2 Å². The summed E-state index contributed by atoms with van der Waals surface area (Å²) in [6.07, 6.45) is 2.04. The average molecular weight is 387 g/mol. The van der Waals surface area contributed by atoms with Crippen LogP contribution < -0.4 is 20.1 Å². The maximum absolute atomic E-state index is 5.90. The van der Waals surface area contributed by atoms with Crippen molar-refractivity contribution < 1.29 is 9.47 Å².